The van der Waals surface area contributed by atoms with E-state index in [-0.39, 0.29) is 5.91 Å². The third-order valence-electron chi connectivity index (χ3n) is 4.91. The zero-order valence-electron chi connectivity index (χ0n) is 16.9. The summed E-state index contributed by atoms with van der Waals surface area (Å²) in [5.41, 5.74) is 1.33. The molecular formula is C22H28N2O4. The van der Waals surface area contributed by atoms with Crippen LogP contribution in [0.5, 0.6) is 11.5 Å². The Bertz CT molecular complexity index is 831. The average Bonchev–Trinajstić information content (AvgIpc) is 2.88. The summed E-state index contributed by atoms with van der Waals surface area (Å²) >= 11 is 0. The number of hydrogen-bond acceptors (Lipinski definition) is 5. The smallest absolute Gasteiger partial charge is 0.254 e. The summed E-state index contributed by atoms with van der Waals surface area (Å²) in [6.45, 7) is 3.67. The quantitative estimate of drug-likeness (QED) is 0.858. The highest BCUT2D eigenvalue weighted by Gasteiger charge is 2.27. The van der Waals surface area contributed by atoms with E-state index in [2.05, 4.69) is 0 Å². The van der Waals surface area contributed by atoms with Crippen LogP contribution >= 0.6 is 0 Å². The minimum Gasteiger partial charge on any atom is -0.497 e. The Hall–Kier alpha value is -2.57. The van der Waals surface area contributed by atoms with Gasteiger partial charge in [0.1, 0.15) is 18.1 Å². The van der Waals surface area contributed by atoms with Gasteiger partial charge in [-0.25, -0.2) is 0 Å². The fourth-order valence-electron chi connectivity index (χ4n) is 3.53. The zero-order valence-corrected chi connectivity index (χ0v) is 16.9. The number of likely N-dealkylation sites (N-methyl/N-ethyl adjacent to an activating group) is 1. The molecule has 6 heteroatoms. The number of fused-ring (bicyclic) bond motifs is 1. The van der Waals surface area contributed by atoms with Gasteiger partial charge >= 0.3 is 0 Å². The van der Waals surface area contributed by atoms with E-state index in [0.717, 1.165) is 16.9 Å². The van der Waals surface area contributed by atoms with Crippen molar-refractivity contribution < 1.29 is 19.4 Å². The number of carbonyl (C=O) groups excluding carboxylic acids is 1. The van der Waals surface area contributed by atoms with Gasteiger partial charge in [-0.05, 0) is 63.0 Å². The van der Waals surface area contributed by atoms with E-state index in [1.54, 1.807) is 43.2 Å². The second-order valence-corrected chi connectivity index (χ2v) is 7.64. The third kappa shape index (κ3) is 4.46. The first kappa shape index (κ1) is 20.2. The van der Waals surface area contributed by atoms with E-state index in [1.165, 1.54) is 0 Å². The van der Waals surface area contributed by atoms with Crippen molar-refractivity contribution >= 4 is 5.91 Å². The summed E-state index contributed by atoms with van der Waals surface area (Å²) < 4.78 is 11.0. The maximum absolute atomic E-state index is 13.0. The molecule has 0 fully saturated rings. The van der Waals surface area contributed by atoms with Gasteiger partial charge in [0.05, 0.1) is 19.3 Å². The first-order chi connectivity index (χ1) is 13.3. The number of methoxy groups -OCH3 is 1. The predicted octanol–water partition coefficient (Wildman–Crippen LogP) is 2.50. The zero-order chi connectivity index (χ0) is 20.3. The Morgan fingerprint density at radius 1 is 1.25 bits per heavy atom. The van der Waals surface area contributed by atoms with E-state index in [0.29, 0.717) is 37.6 Å². The van der Waals surface area contributed by atoms with Crippen molar-refractivity contribution in [2.24, 2.45) is 0 Å². The monoisotopic (exact) mass is 384 g/mol. The van der Waals surface area contributed by atoms with Crippen LogP contribution in [0.1, 0.15) is 28.4 Å². The highest BCUT2D eigenvalue weighted by molar-refractivity contribution is 5.94. The fourth-order valence-corrected chi connectivity index (χ4v) is 3.53. The summed E-state index contributed by atoms with van der Waals surface area (Å²) in [5.74, 6) is 1.42. The SMILES string of the molecule is COc1ccc(C(=O)N2CCOc3ccc(C(C)(O)CN(C)C)cc3C2)cc1. The first-order valence-corrected chi connectivity index (χ1v) is 9.37. The molecule has 1 heterocycles. The van der Waals surface area contributed by atoms with Gasteiger partial charge in [0, 0.05) is 24.2 Å². The Kier molecular flexibility index (Phi) is 5.91. The number of aliphatic hydroxyl groups is 1. The molecule has 1 N–H and O–H groups in total. The predicted molar refractivity (Wildman–Crippen MR) is 108 cm³/mol. The summed E-state index contributed by atoms with van der Waals surface area (Å²) in [6.07, 6.45) is 0. The molecule has 1 aliphatic heterocycles. The summed E-state index contributed by atoms with van der Waals surface area (Å²) in [6, 6.07) is 12.8. The maximum atomic E-state index is 13.0. The molecule has 0 radical (unpaired) electrons. The normalized spacial score (nSPS) is 16.0. The minimum atomic E-state index is -0.990. The molecule has 150 valence electrons. The van der Waals surface area contributed by atoms with E-state index in [4.69, 9.17) is 9.47 Å². The lowest BCUT2D eigenvalue weighted by Crippen LogP contribution is -2.35. The lowest BCUT2D eigenvalue weighted by Gasteiger charge is -2.28. The van der Waals surface area contributed by atoms with Crippen molar-refractivity contribution in [3.63, 3.8) is 0 Å². The molecule has 2 aromatic rings. The van der Waals surface area contributed by atoms with Crippen molar-refractivity contribution in [1.29, 1.82) is 0 Å². The highest BCUT2D eigenvalue weighted by atomic mass is 16.5. The van der Waals surface area contributed by atoms with Crippen molar-refractivity contribution in [3.05, 3.63) is 59.2 Å². The molecule has 0 spiro atoms. The molecule has 2 aromatic carbocycles. The molecule has 0 aromatic heterocycles. The Morgan fingerprint density at radius 2 is 1.96 bits per heavy atom. The summed E-state index contributed by atoms with van der Waals surface area (Å²) in [7, 11) is 5.45. The molecular weight excluding hydrogens is 356 g/mol. The number of benzene rings is 2. The number of ether oxygens (including phenoxy) is 2. The summed E-state index contributed by atoms with van der Waals surface area (Å²) in [4.78, 5) is 16.7. The second-order valence-electron chi connectivity index (χ2n) is 7.64. The third-order valence-corrected chi connectivity index (χ3v) is 4.91. The molecule has 0 saturated heterocycles. The van der Waals surface area contributed by atoms with Crippen molar-refractivity contribution in [2.75, 3.05) is 40.9 Å². The van der Waals surface area contributed by atoms with Crippen molar-refractivity contribution in [2.45, 2.75) is 19.1 Å². The van der Waals surface area contributed by atoms with E-state index in [1.807, 2.05) is 37.2 Å². The van der Waals surface area contributed by atoms with Crippen LogP contribution in [-0.4, -0.2) is 61.7 Å². The molecule has 0 aliphatic carbocycles. The molecule has 1 unspecified atom stereocenters. The Balaban J connectivity index is 1.84. The van der Waals surface area contributed by atoms with Gasteiger partial charge in [-0.15, -0.1) is 0 Å². The van der Waals surface area contributed by atoms with Crippen LogP contribution in [0.2, 0.25) is 0 Å². The van der Waals surface area contributed by atoms with Crippen molar-refractivity contribution in [1.82, 2.24) is 9.80 Å². The van der Waals surface area contributed by atoms with Gasteiger partial charge in [0.25, 0.3) is 5.91 Å². The van der Waals surface area contributed by atoms with Crippen molar-refractivity contribution in [3.8, 4) is 11.5 Å². The number of carbonyl (C=O) groups is 1. The maximum Gasteiger partial charge on any atom is 0.254 e. The minimum absolute atomic E-state index is 0.0513. The van der Waals surface area contributed by atoms with Gasteiger partial charge in [-0.2, -0.15) is 0 Å². The Labute approximate surface area is 166 Å². The lowest BCUT2D eigenvalue weighted by molar-refractivity contribution is 0.0299. The topological polar surface area (TPSA) is 62.2 Å². The first-order valence-electron chi connectivity index (χ1n) is 9.37. The molecule has 0 bridgehead atoms. The van der Waals surface area contributed by atoms with Crippen LogP contribution in [0, 0.1) is 0 Å². The number of amides is 1. The van der Waals surface area contributed by atoms with Crippen LogP contribution in [0.25, 0.3) is 0 Å². The van der Waals surface area contributed by atoms with Crippen LogP contribution in [0.3, 0.4) is 0 Å². The molecule has 1 aliphatic rings. The second kappa shape index (κ2) is 8.20. The van der Waals surface area contributed by atoms with E-state index in [9.17, 15) is 9.90 Å². The molecule has 0 saturated carbocycles. The van der Waals surface area contributed by atoms with E-state index >= 15 is 0 Å². The van der Waals surface area contributed by atoms with Crippen LogP contribution in [0.15, 0.2) is 42.5 Å². The average molecular weight is 384 g/mol. The van der Waals surface area contributed by atoms with Crippen LogP contribution < -0.4 is 9.47 Å². The Morgan fingerprint density at radius 3 is 2.61 bits per heavy atom. The number of nitrogens with zero attached hydrogens (tertiary/aromatic N) is 2. The van der Waals surface area contributed by atoms with E-state index < -0.39 is 5.60 Å². The molecule has 3 rings (SSSR count). The number of hydrogen-bond donors (Lipinski definition) is 1. The van der Waals surface area contributed by atoms with Gasteiger partial charge in [0.15, 0.2) is 0 Å². The van der Waals surface area contributed by atoms with Gasteiger partial charge in [-0.3, -0.25) is 4.79 Å². The molecule has 1 atom stereocenters. The lowest BCUT2D eigenvalue weighted by atomic mass is 9.93. The molecule has 1 amide bonds. The summed E-state index contributed by atoms with van der Waals surface area (Å²) in [5, 5.41) is 10.9. The molecule has 28 heavy (non-hydrogen) atoms. The van der Waals surface area contributed by atoms with Gasteiger partial charge in [0.2, 0.25) is 0 Å². The highest BCUT2D eigenvalue weighted by Crippen LogP contribution is 2.30. The van der Waals surface area contributed by atoms with Gasteiger partial charge in [-0.1, -0.05) is 6.07 Å². The van der Waals surface area contributed by atoms with Gasteiger partial charge < -0.3 is 24.4 Å². The standard InChI is InChI=1S/C22H28N2O4/c1-22(26,15-23(2)3)18-7-10-20-17(13-18)14-24(11-12-28-20)21(25)16-5-8-19(27-4)9-6-16/h5-10,13,26H,11-12,14-15H2,1-4H3. The largest absolute Gasteiger partial charge is 0.497 e. The number of rotatable bonds is 5. The fraction of sp³-hybridized carbons (Fsp3) is 0.409. The van der Waals surface area contributed by atoms with Crippen LogP contribution in [0.4, 0.5) is 0 Å². The van der Waals surface area contributed by atoms with Crippen LogP contribution in [-0.2, 0) is 12.1 Å². The molecule has 6 nitrogen and oxygen atoms in total.